The van der Waals surface area contributed by atoms with Gasteiger partial charge in [0.05, 0.1) is 16.8 Å². The van der Waals surface area contributed by atoms with E-state index in [1.165, 1.54) is 11.3 Å². The Morgan fingerprint density at radius 2 is 1.67 bits per heavy atom. The second-order valence-electron chi connectivity index (χ2n) is 12.0. The van der Waals surface area contributed by atoms with Gasteiger partial charge in [0.2, 0.25) is 5.91 Å². The average molecular weight is 573 g/mol. The molecule has 42 heavy (non-hydrogen) atoms. The lowest BCUT2D eigenvalue weighted by atomic mass is 9.64. The molecule has 3 aliphatic heterocycles. The van der Waals surface area contributed by atoms with E-state index >= 15 is 0 Å². The maximum atomic E-state index is 14.9. The van der Waals surface area contributed by atoms with Gasteiger partial charge in [0, 0.05) is 22.5 Å². The van der Waals surface area contributed by atoms with Gasteiger partial charge < -0.3 is 10.2 Å². The maximum Gasteiger partial charge on any atom is 0.238 e. The SMILES string of the molecule is CC1=C[C@@H]2N(c3ccccc31)[C@H](C(=O)c1cccs1)[C@@H](C(=O)c1ccc(CC(C)C)cc1)[C@]21C(=O)Nc2ccccc21. The van der Waals surface area contributed by atoms with E-state index in [1.54, 1.807) is 0 Å². The van der Waals surface area contributed by atoms with Crippen molar-refractivity contribution in [1.82, 2.24) is 0 Å². The highest BCUT2D eigenvalue weighted by atomic mass is 32.1. The fourth-order valence-electron chi connectivity index (χ4n) is 7.41. The van der Waals surface area contributed by atoms with Crippen LogP contribution >= 0.6 is 11.3 Å². The summed E-state index contributed by atoms with van der Waals surface area (Å²) >= 11 is 1.37. The van der Waals surface area contributed by atoms with E-state index in [4.69, 9.17) is 0 Å². The summed E-state index contributed by atoms with van der Waals surface area (Å²) in [6.07, 6.45) is 3.01. The molecule has 210 valence electrons. The Kier molecular flexibility index (Phi) is 6.28. The van der Waals surface area contributed by atoms with Crippen LogP contribution in [0.25, 0.3) is 5.57 Å². The molecule has 3 aromatic carbocycles. The fourth-order valence-corrected chi connectivity index (χ4v) is 8.11. The number of amides is 1. The number of thiophene rings is 1. The zero-order chi connectivity index (χ0) is 29.2. The number of carbonyl (C=O) groups is 3. The van der Waals surface area contributed by atoms with Crippen molar-refractivity contribution in [3.05, 3.63) is 124 Å². The molecule has 0 unspecified atom stereocenters. The zero-order valence-electron chi connectivity index (χ0n) is 23.8. The standard InChI is InChI=1S/C36H32N2O3S/c1-21(2)19-23-14-16-24(17-15-23)33(39)31-32(34(40)29-13-8-18-42-29)38-28-12-7-4-9-25(28)22(3)20-30(38)36(31)26-10-5-6-11-27(26)37-35(36)41/h4-18,20-21,30-32H,19H2,1-3H3,(H,37,41)/t30-,31-,32-,36+/m0/s1. The number of carbonyl (C=O) groups excluding carboxylic acids is 3. The summed E-state index contributed by atoms with van der Waals surface area (Å²) in [6.45, 7) is 6.38. The Morgan fingerprint density at radius 1 is 0.929 bits per heavy atom. The smallest absolute Gasteiger partial charge is 0.238 e. The minimum atomic E-state index is -1.29. The van der Waals surface area contributed by atoms with Gasteiger partial charge in [-0.15, -0.1) is 11.3 Å². The van der Waals surface area contributed by atoms with Crippen LogP contribution in [-0.4, -0.2) is 29.6 Å². The van der Waals surface area contributed by atoms with Crippen molar-refractivity contribution in [1.29, 1.82) is 0 Å². The van der Waals surface area contributed by atoms with Gasteiger partial charge in [0.25, 0.3) is 0 Å². The van der Waals surface area contributed by atoms with Crippen molar-refractivity contribution in [3.8, 4) is 0 Å². The molecule has 1 N–H and O–H groups in total. The summed E-state index contributed by atoms with van der Waals surface area (Å²) in [4.78, 5) is 46.7. The van der Waals surface area contributed by atoms with E-state index in [2.05, 4.69) is 30.1 Å². The van der Waals surface area contributed by atoms with Crippen molar-refractivity contribution in [2.24, 2.45) is 11.8 Å². The van der Waals surface area contributed by atoms with Crippen LogP contribution in [0, 0.1) is 11.8 Å². The Bertz CT molecular complexity index is 1750. The van der Waals surface area contributed by atoms with Crippen molar-refractivity contribution in [2.45, 2.75) is 44.7 Å². The summed E-state index contributed by atoms with van der Waals surface area (Å²) in [6, 6.07) is 25.6. The van der Waals surface area contributed by atoms with E-state index in [0.717, 1.165) is 34.4 Å². The van der Waals surface area contributed by atoms with E-state index in [0.29, 0.717) is 22.0 Å². The lowest BCUT2D eigenvalue weighted by Crippen LogP contribution is -2.51. The molecule has 0 aliphatic carbocycles. The second kappa shape index (κ2) is 9.92. The number of benzene rings is 3. The molecule has 1 amide bonds. The van der Waals surface area contributed by atoms with Crippen molar-refractivity contribution in [3.63, 3.8) is 0 Å². The number of nitrogens with one attached hydrogen (secondary N) is 1. The first-order valence-electron chi connectivity index (χ1n) is 14.5. The van der Waals surface area contributed by atoms with Crippen LogP contribution in [-0.2, 0) is 16.6 Å². The predicted molar refractivity (Wildman–Crippen MR) is 168 cm³/mol. The summed E-state index contributed by atoms with van der Waals surface area (Å²) in [5.74, 6) is -1.03. The number of anilines is 2. The largest absolute Gasteiger partial charge is 0.352 e. The highest BCUT2D eigenvalue weighted by molar-refractivity contribution is 7.12. The molecule has 1 aromatic heterocycles. The Balaban J connectivity index is 1.50. The molecule has 0 saturated carbocycles. The molecule has 0 radical (unpaired) electrons. The normalized spacial score (nSPS) is 23.8. The van der Waals surface area contributed by atoms with E-state index in [1.807, 2.05) is 97.2 Å². The van der Waals surface area contributed by atoms with Crippen LogP contribution < -0.4 is 10.2 Å². The van der Waals surface area contributed by atoms with Gasteiger partial charge >= 0.3 is 0 Å². The molecular weight excluding hydrogens is 540 g/mol. The second-order valence-corrected chi connectivity index (χ2v) is 13.0. The molecule has 4 aromatic rings. The van der Waals surface area contributed by atoms with Crippen molar-refractivity contribution >= 4 is 45.8 Å². The molecule has 1 fully saturated rings. The number of para-hydroxylation sites is 2. The molecule has 5 nitrogen and oxygen atoms in total. The lowest BCUT2D eigenvalue weighted by molar-refractivity contribution is -0.121. The lowest BCUT2D eigenvalue weighted by Gasteiger charge is -2.39. The third-order valence-corrected chi connectivity index (χ3v) is 9.97. The van der Waals surface area contributed by atoms with Gasteiger partial charge in [-0.3, -0.25) is 14.4 Å². The number of ketones is 2. The Hall–Kier alpha value is -4.29. The number of Topliss-reactive ketones (excluding diaryl/α,β-unsaturated/α-hetero) is 2. The topological polar surface area (TPSA) is 66.5 Å². The summed E-state index contributed by atoms with van der Waals surface area (Å²) in [7, 11) is 0. The first-order valence-corrected chi connectivity index (χ1v) is 15.4. The minimum absolute atomic E-state index is 0.137. The van der Waals surface area contributed by atoms with Crippen LogP contribution in [0.3, 0.4) is 0 Å². The number of hydrogen-bond acceptors (Lipinski definition) is 5. The van der Waals surface area contributed by atoms with Crippen LogP contribution in [0.1, 0.15) is 57.5 Å². The van der Waals surface area contributed by atoms with Gasteiger partial charge in [-0.2, -0.15) is 0 Å². The number of allylic oxidation sites excluding steroid dienone is 1. The molecule has 4 heterocycles. The van der Waals surface area contributed by atoms with Gasteiger partial charge in [0.1, 0.15) is 11.5 Å². The molecule has 7 rings (SSSR count). The molecule has 4 atom stereocenters. The van der Waals surface area contributed by atoms with E-state index in [-0.39, 0.29) is 17.5 Å². The Labute approximate surface area is 249 Å². The number of hydrogen-bond donors (Lipinski definition) is 1. The number of rotatable bonds is 6. The predicted octanol–water partition coefficient (Wildman–Crippen LogP) is 7.19. The van der Waals surface area contributed by atoms with Crippen molar-refractivity contribution in [2.75, 3.05) is 10.2 Å². The monoisotopic (exact) mass is 572 g/mol. The maximum absolute atomic E-state index is 14.9. The average Bonchev–Trinajstić information content (AvgIpc) is 3.70. The van der Waals surface area contributed by atoms with Crippen molar-refractivity contribution < 1.29 is 14.4 Å². The van der Waals surface area contributed by atoms with E-state index < -0.39 is 23.4 Å². The molecule has 6 heteroatoms. The zero-order valence-corrected chi connectivity index (χ0v) is 24.7. The van der Waals surface area contributed by atoms with Gasteiger partial charge in [-0.1, -0.05) is 86.7 Å². The molecular formula is C36H32N2O3S. The Morgan fingerprint density at radius 3 is 2.40 bits per heavy atom. The van der Waals surface area contributed by atoms with Crippen LogP contribution in [0.2, 0.25) is 0 Å². The highest BCUT2D eigenvalue weighted by Gasteiger charge is 2.70. The number of fused-ring (bicyclic) bond motifs is 6. The van der Waals surface area contributed by atoms with Crippen LogP contribution in [0.4, 0.5) is 11.4 Å². The van der Waals surface area contributed by atoms with Gasteiger partial charge in [-0.25, -0.2) is 0 Å². The van der Waals surface area contributed by atoms with Crippen LogP contribution in [0.15, 0.2) is 96.4 Å². The third-order valence-electron chi connectivity index (χ3n) is 9.08. The number of nitrogens with zero attached hydrogens (tertiary/aromatic N) is 1. The first-order chi connectivity index (χ1) is 20.3. The minimum Gasteiger partial charge on any atom is -0.352 e. The highest BCUT2D eigenvalue weighted by Crippen LogP contribution is 2.58. The quantitative estimate of drug-likeness (QED) is 0.248. The molecule has 1 saturated heterocycles. The van der Waals surface area contributed by atoms with Gasteiger partial charge in [0.15, 0.2) is 11.6 Å². The fraction of sp³-hybridized carbons (Fsp3) is 0.250. The van der Waals surface area contributed by atoms with E-state index in [9.17, 15) is 14.4 Å². The molecule has 0 bridgehead atoms. The first kappa shape index (κ1) is 26.6. The molecule has 1 spiro atoms. The third kappa shape index (κ3) is 3.78. The summed E-state index contributed by atoms with van der Waals surface area (Å²) in [5, 5.41) is 4.99. The van der Waals surface area contributed by atoms with Gasteiger partial charge in [-0.05, 0) is 59.5 Å². The summed E-state index contributed by atoms with van der Waals surface area (Å²) in [5.41, 5.74) is 4.74. The summed E-state index contributed by atoms with van der Waals surface area (Å²) < 4.78 is 0. The van der Waals surface area contributed by atoms with Crippen LogP contribution in [0.5, 0.6) is 0 Å². The molecule has 3 aliphatic rings.